The van der Waals surface area contributed by atoms with Crippen molar-refractivity contribution in [3.8, 4) is 11.6 Å². The molecule has 0 radical (unpaired) electrons. The fourth-order valence-electron chi connectivity index (χ4n) is 2.73. The summed E-state index contributed by atoms with van der Waals surface area (Å²) in [5.74, 6) is 1.95. The van der Waals surface area contributed by atoms with Crippen molar-refractivity contribution in [3.05, 3.63) is 60.7 Å². The van der Waals surface area contributed by atoms with Crippen LogP contribution in [0.1, 0.15) is 6.42 Å². The number of fused-ring (bicyclic) bond motifs is 1. The minimum absolute atomic E-state index is 0.0200. The lowest BCUT2D eigenvalue weighted by atomic mass is 10.2. The summed E-state index contributed by atoms with van der Waals surface area (Å²) < 4.78 is 7.75. The van der Waals surface area contributed by atoms with E-state index >= 15 is 0 Å². The number of benzene rings is 2. The lowest BCUT2D eigenvalue weighted by molar-refractivity contribution is -0.115. The zero-order valence-corrected chi connectivity index (χ0v) is 15.6. The van der Waals surface area contributed by atoms with E-state index in [1.54, 1.807) is 0 Å². The molecule has 0 unspecified atom stereocenters. The quantitative estimate of drug-likeness (QED) is 0.505. The minimum Gasteiger partial charge on any atom is -0.453 e. The number of hydrogen-bond acceptors (Lipinski definition) is 5. The van der Waals surface area contributed by atoms with E-state index < -0.39 is 0 Å². The van der Waals surface area contributed by atoms with Crippen molar-refractivity contribution in [3.63, 3.8) is 0 Å². The van der Waals surface area contributed by atoms with E-state index in [0.717, 1.165) is 21.8 Å². The summed E-state index contributed by atoms with van der Waals surface area (Å²) in [7, 11) is 1.90. The van der Waals surface area contributed by atoms with Crippen LogP contribution >= 0.6 is 11.8 Å². The summed E-state index contributed by atoms with van der Waals surface area (Å²) in [4.78, 5) is 12.0. The van der Waals surface area contributed by atoms with Gasteiger partial charge in [0.2, 0.25) is 5.91 Å². The molecule has 6 nitrogen and oxygen atoms in total. The number of carbonyl (C=O) groups is 1. The molecule has 1 N–H and O–H groups in total. The average molecular weight is 378 g/mol. The Hall–Kier alpha value is -3.06. The summed E-state index contributed by atoms with van der Waals surface area (Å²) in [6.07, 6.45) is 0.395. The number of nitrogens with zero attached hydrogens (tertiary/aromatic N) is 3. The highest BCUT2D eigenvalue weighted by Crippen LogP contribution is 2.28. The van der Waals surface area contributed by atoms with Gasteiger partial charge in [-0.05, 0) is 24.3 Å². The number of anilines is 1. The van der Waals surface area contributed by atoms with Gasteiger partial charge in [0.15, 0.2) is 16.7 Å². The van der Waals surface area contributed by atoms with Crippen LogP contribution in [-0.2, 0) is 11.8 Å². The molecular formula is C20H18N4O2S. The van der Waals surface area contributed by atoms with Crippen LogP contribution in [0, 0.1) is 0 Å². The molecule has 1 amide bonds. The van der Waals surface area contributed by atoms with Crippen LogP contribution in [0.3, 0.4) is 0 Å². The third kappa shape index (κ3) is 3.88. The first kappa shape index (κ1) is 17.4. The van der Waals surface area contributed by atoms with Crippen LogP contribution in [0.2, 0.25) is 0 Å². The first-order chi connectivity index (χ1) is 13.2. The highest BCUT2D eigenvalue weighted by atomic mass is 32.2. The first-order valence-corrected chi connectivity index (χ1v) is 9.55. The van der Waals surface area contributed by atoms with Crippen LogP contribution in [-0.4, -0.2) is 26.4 Å². The molecule has 2 aromatic heterocycles. The van der Waals surface area contributed by atoms with Crippen molar-refractivity contribution in [2.75, 3.05) is 11.1 Å². The molecule has 2 aromatic carbocycles. The predicted octanol–water partition coefficient (Wildman–Crippen LogP) is 4.35. The monoisotopic (exact) mass is 378 g/mol. The highest BCUT2D eigenvalue weighted by Gasteiger charge is 2.15. The Kier molecular flexibility index (Phi) is 4.93. The van der Waals surface area contributed by atoms with Gasteiger partial charge >= 0.3 is 0 Å². The van der Waals surface area contributed by atoms with Gasteiger partial charge < -0.3 is 14.3 Å². The number of nitrogens with one attached hydrogen (secondary N) is 1. The second-order valence-electron chi connectivity index (χ2n) is 6.03. The third-order valence-corrected chi connectivity index (χ3v) is 5.12. The standard InChI is InChI=1S/C20H18N4O2S/c1-24-19(17-13-14-7-5-6-10-16(14)26-17)22-23-20(24)27-12-11-18(25)21-15-8-3-2-4-9-15/h2-10,13H,11-12H2,1H3,(H,21,25). The summed E-state index contributed by atoms with van der Waals surface area (Å²) in [5.41, 5.74) is 1.63. The maximum absolute atomic E-state index is 12.0. The lowest BCUT2D eigenvalue weighted by Gasteiger charge is -2.05. The molecular weight excluding hydrogens is 360 g/mol. The number of hydrogen-bond donors (Lipinski definition) is 1. The zero-order chi connectivity index (χ0) is 18.6. The molecule has 4 rings (SSSR count). The third-order valence-electron chi connectivity index (χ3n) is 4.10. The molecule has 4 aromatic rings. The topological polar surface area (TPSA) is 73.0 Å². The largest absolute Gasteiger partial charge is 0.453 e. The Morgan fingerprint density at radius 3 is 2.70 bits per heavy atom. The molecule has 0 aliphatic carbocycles. The van der Waals surface area contributed by atoms with E-state index in [0.29, 0.717) is 23.8 Å². The lowest BCUT2D eigenvalue weighted by Crippen LogP contribution is -2.12. The molecule has 0 saturated carbocycles. The number of carbonyl (C=O) groups excluding carboxylic acids is 1. The number of para-hydroxylation sites is 2. The van der Waals surface area contributed by atoms with E-state index in [9.17, 15) is 4.79 Å². The molecule has 0 fully saturated rings. The number of furan rings is 1. The smallest absolute Gasteiger partial charge is 0.225 e. The van der Waals surface area contributed by atoms with Gasteiger partial charge in [0.25, 0.3) is 0 Å². The van der Waals surface area contributed by atoms with Crippen molar-refractivity contribution in [1.82, 2.24) is 14.8 Å². The molecule has 2 heterocycles. The molecule has 27 heavy (non-hydrogen) atoms. The molecule has 0 bridgehead atoms. The summed E-state index contributed by atoms with van der Waals surface area (Å²) in [5, 5.41) is 13.1. The van der Waals surface area contributed by atoms with Crippen molar-refractivity contribution in [2.24, 2.45) is 7.05 Å². The van der Waals surface area contributed by atoms with Crippen LogP contribution in [0.4, 0.5) is 5.69 Å². The summed E-state index contributed by atoms with van der Waals surface area (Å²) >= 11 is 1.50. The van der Waals surface area contributed by atoms with Gasteiger partial charge in [0.05, 0.1) is 0 Å². The predicted molar refractivity (Wildman–Crippen MR) is 107 cm³/mol. The number of rotatable bonds is 6. The van der Waals surface area contributed by atoms with E-state index in [2.05, 4.69) is 15.5 Å². The van der Waals surface area contributed by atoms with Gasteiger partial charge in [-0.2, -0.15) is 0 Å². The molecule has 0 spiro atoms. The Balaban J connectivity index is 1.38. The van der Waals surface area contributed by atoms with Gasteiger partial charge in [0, 0.05) is 30.3 Å². The average Bonchev–Trinajstić information content (AvgIpc) is 3.26. The molecule has 0 atom stereocenters. The van der Waals surface area contributed by atoms with E-state index in [1.165, 1.54) is 11.8 Å². The van der Waals surface area contributed by atoms with Gasteiger partial charge in [-0.3, -0.25) is 4.79 Å². The van der Waals surface area contributed by atoms with Crippen molar-refractivity contribution >= 4 is 34.3 Å². The van der Waals surface area contributed by atoms with Crippen LogP contribution in [0.25, 0.3) is 22.6 Å². The van der Waals surface area contributed by atoms with Crippen LogP contribution < -0.4 is 5.32 Å². The fourth-order valence-corrected chi connectivity index (χ4v) is 3.58. The maximum atomic E-state index is 12.0. The highest BCUT2D eigenvalue weighted by molar-refractivity contribution is 7.99. The van der Waals surface area contributed by atoms with Gasteiger partial charge in [-0.1, -0.05) is 48.2 Å². The molecule has 7 heteroatoms. The number of aromatic nitrogens is 3. The Morgan fingerprint density at radius 1 is 1.11 bits per heavy atom. The molecule has 0 saturated heterocycles. The summed E-state index contributed by atoms with van der Waals surface area (Å²) in [6, 6.07) is 19.2. The van der Waals surface area contributed by atoms with Crippen LogP contribution in [0.15, 0.2) is 70.2 Å². The molecule has 0 aliphatic heterocycles. The second kappa shape index (κ2) is 7.67. The van der Waals surface area contributed by atoms with Gasteiger partial charge in [0.1, 0.15) is 5.58 Å². The fraction of sp³-hybridized carbons (Fsp3) is 0.150. The Morgan fingerprint density at radius 2 is 1.89 bits per heavy atom. The van der Waals surface area contributed by atoms with Crippen molar-refractivity contribution in [1.29, 1.82) is 0 Å². The maximum Gasteiger partial charge on any atom is 0.225 e. The second-order valence-corrected chi connectivity index (χ2v) is 7.09. The minimum atomic E-state index is -0.0200. The number of amides is 1. The zero-order valence-electron chi connectivity index (χ0n) is 14.8. The Bertz CT molecular complexity index is 1040. The van der Waals surface area contributed by atoms with E-state index in [-0.39, 0.29) is 5.91 Å². The first-order valence-electron chi connectivity index (χ1n) is 8.57. The van der Waals surface area contributed by atoms with E-state index in [4.69, 9.17) is 4.42 Å². The van der Waals surface area contributed by atoms with Gasteiger partial charge in [-0.25, -0.2) is 0 Å². The molecule has 0 aliphatic rings. The van der Waals surface area contributed by atoms with E-state index in [1.807, 2.05) is 72.3 Å². The van der Waals surface area contributed by atoms with Crippen molar-refractivity contribution in [2.45, 2.75) is 11.6 Å². The van der Waals surface area contributed by atoms with Crippen molar-refractivity contribution < 1.29 is 9.21 Å². The Labute approximate surface area is 160 Å². The summed E-state index contributed by atoms with van der Waals surface area (Å²) in [6.45, 7) is 0. The number of thioether (sulfide) groups is 1. The molecule has 136 valence electrons. The van der Waals surface area contributed by atoms with Gasteiger partial charge in [-0.15, -0.1) is 10.2 Å². The normalized spacial score (nSPS) is 11.0. The SMILES string of the molecule is Cn1c(SCCC(=O)Nc2ccccc2)nnc1-c1cc2ccccc2o1. The van der Waals surface area contributed by atoms with Crippen LogP contribution in [0.5, 0.6) is 0 Å².